The van der Waals surface area contributed by atoms with Crippen LogP contribution in [0.2, 0.25) is 0 Å². The largest absolute Gasteiger partial charge is 0.394 e. The first-order valence-corrected chi connectivity index (χ1v) is 5.97. The molecule has 1 aliphatic heterocycles. The topological polar surface area (TPSA) is 115 Å². The van der Waals surface area contributed by atoms with Gasteiger partial charge in [-0.25, -0.2) is 4.39 Å². The van der Waals surface area contributed by atoms with Crippen LogP contribution in [0.4, 0.5) is 4.39 Å². The molecular weight excluding hydrogens is 271 g/mol. The number of primary amides is 1. The number of nitrogens with two attached hydrogens (primary N) is 1. The molecule has 0 bridgehead atoms. The molecule has 0 radical (unpaired) electrons. The van der Waals surface area contributed by atoms with Crippen molar-refractivity contribution in [1.82, 2.24) is 4.57 Å². The number of amides is 1. The lowest BCUT2D eigenvalue weighted by atomic mass is 10.00. The van der Waals surface area contributed by atoms with Crippen LogP contribution in [0.25, 0.3) is 0 Å². The normalized spacial score (nSPS) is 29.6. The fraction of sp³-hybridized carbons (Fsp3) is 0.500. The van der Waals surface area contributed by atoms with Crippen molar-refractivity contribution in [2.24, 2.45) is 5.73 Å². The highest BCUT2D eigenvalue weighted by Gasteiger charge is 2.45. The van der Waals surface area contributed by atoms with Gasteiger partial charge in [0, 0.05) is 12.6 Å². The first kappa shape index (κ1) is 14.6. The van der Waals surface area contributed by atoms with Crippen LogP contribution in [0.1, 0.15) is 29.9 Å². The summed E-state index contributed by atoms with van der Waals surface area (Å²) >= 11 is 0. The minimum atomic E-state index is -1.44. The van der Waals surface area contributed by atoms with Gasteiger partial charge in [-0.1, -0.05) is 0 Å². The second kappa shape index (κ2) is 4.97. The Morgan fingerprint density at radius 1 is 1.70 bits per heavy atom. The molecule has 7 nitrogen and oxygen atoms in total. The highest BCUT2D eigenvalue weighted by atomic mass is 19.1. The first-order chi connectivity index (χ1) is 9.27. The van der Waals surface area contributed by atoms with E-state index in [1.165, 1.54) is 6.92 Å². The zero-order valence-corrected chi connectivity index (χ0v) is 10.7. The zero-order valence-electron chi connectivity index (χ0n) is 10.7. The van der Waals surface area contributed by atoms with E-state index in [9.17, 15) is 19.1 Å². The molecule has 4 N–H and O–H groups in total. The van der Waals surface area contributed by atoms with Crippen LogP contribution in [0.15, 0.2) is 17.1 Å². The number of aliphatic hydroxyl groups excluding tert-OH is 1. The fourth-order valence-electron chi connectivity index (χ4n) is 2.35. The molecule has 1 fully saturated rings. The predicted octanol–water partition coefficient (Wildman–Crippen LogP) is -0.883. The van der Waals surface area contributed by atoms with Crippen LogP contribution in [-0.2, 0) is 4.74 Å². The van der Waals surface area contributed by atoms with Crippen molar-refractivity contribution in [2.45, 2.75) is 31.3 Å². The number of hydrogen-bond acceptors (Lipinski definition) is 5. The summed E-state index contributed by atoms with van der Waals surface area (Å²) in [6, 6.07) is 0.896. The van der Waals surface area contributed by atoms with E-state index in [0.29, 0.717) is 0 Å². The molecule has 0 saturated carbocycles. The van der Waals surface area contributed by atoms with Crippen molar-refractivity contribution in [3.8, 4) is 0 Å². The summed E-state index contributed by atoms with van der Waals surface area (Å²) in [5.41, 5.74) is 1.75. The molecule has 3 atom stereocenters. The summed E-state index contributed by atoms with van der Waals surface area (Å²) in [7, 11) is 0. The van der Waals surface area contributed by atoms with Crippen molar-refractivity contribution in [1.29, 1.82) is 0 Å². The van der Waals surface area contributed by atoms with Crippen LogP contribution in [-0.4, -0.2) is 39.0 Å². The molecule has 3 unspecified atom stereocenters. The van der Waals surface area contributed by atoms with E-state index in [-0.39, 0.29) is 13.0 Å². The highest BCUT2D eigenvalue weighted by molar-refractivity contribution is 5.92. The molecule has 110 valence electrons. The number of carbonyl (C=O) groups excluding carboxylic acids is 1. The maximum Gasteiger partial charge on any atom is 0.268 e. The molecule has 2 heterocycles. The lowest BCUT2D eigenvalue weighted by Gasteiger charge is -2.25. The van der Waals surface area contributed by atoms with Crippen molar-refractivity contribution in [2.75, 3.05) is 6.61 Å². The summed E-state index contributed by atoms with van der Waals surface area (Å²) in [5, 5.41) is 19.3. The third-order valence-corrected chi connectivity index (χ3v) is 3.27. The standard InChI is InChI=1S/C12H15FN2O5/c1-12(19)4-6(5-16)20-11(12)15-3-2-7(13)8(9(14)17)10(15)18/h2-3,6,11,16,19H,4-5H2,1H3,(H2,14,17). The van der Waals surface area contributed by atoms with Gasteiger partial charge < -0.3 is 20.7 Å². The van der Waals surface area contributed by atoms with Gasteiger partial charge in [0.05, 0.1) is 12.7 Å². The van der Waals surface area contributed by atoms with E-state index < -0.39 is 40.8 Å². The van der Waals surface area contributed by atoms with Gasteiger partial charge in [-0.3, -0.25) is 14.2 Å². The summed E-state index contributed by atoms with van der Waals surface area (Å²) < 4.78 is 19.7. The molecule has 2 rings (SSSR count). The first-order valence-electron chi connectivity index (χ1n) is 5.97. The summed E-state index contributed by atoms with van der Waals surface area (Å²) in [6.45, 7) is 1.10. The monoisotopic (exact) mass is 286 g/mol. The number of ether oxygens (including phenoxy) is 1. The third kappa shape index (κ3) is 2.33. The average molecular weight is 286 g/mol. The summed E-state index contributed by atoms with van der Waals surface area (Å²) in [4.78, 5) is 23.2. The maximum atomic E-state index is 13.4. The van der Waals surface area contributed by atoms with Crippen LogP contribution in [0.3, 0.4) is 0 Å². The van der Waals surface area contributed by atoms with Gasteiger partial charge in [-0.15, -0.1) is 0 Å². The lowest BCUT2D eigenvalue weighted by Crippen LogP contribution is -2.40. The van der Waals surface area contributed by atoms with Crippen LogP contribution < -0.4 is 11.3 Å². The van der Waals surface area contributed by atoms with E-state index in [1.807, 2.05) is 0 Å². The van der Waals surface area contributed by atoms with E-state index in [1.54, 1.807) is 0 Å². The van der Waals surface area contributed by atoms with Gasteiger partial charge in [0.2, 0.25) is 0 Å². The van der Waals surface area contributed by atoms with Gasteiger partial charge in [0.25, 0.3) is 11.5 Å². The second-order valence-corrected chi connectivity index (χ2v) is 4.97. The molecule has 8 heteroatoms. The number of pyridine rings is 1. The van der Waals surface area contributed by atoms with E-state index in [0.717, 1.165) is 16.8 Å². The van der Waals surface area contributed by atoms with E-state index in [4.69, 9.17) is 15.6 Å². The number of hydrogen-bond donors (Lipinski definition) is 3. The number of rotatable bonds is 3. The Bertz CT molecular complexity index is 598. The minimum absolute atomic E-state index is 0.101. The Balaban J connectivity index is 2.52. The van der Waals surface area contributed by atoms with Gasteiger partial charge in [0.15, 0.2) is 6.23 Å². The molecule has 0 aromatic carbocycles. The molecule has 0 spiro atoms. The van der Waals surface area contributed by atoms with Crippen LogP contribution >= 0.6 is 0 Å². The summed E-state index contributed by atoms with van der Waals surface area (Å²) in [5.74, 6) is -2.23. The Morgan fingerprint density at radius 2 is 2.35 bits per heavy atom. The number of aliphatic hydroxyl groups is 2. The molecule has 20 heavy (non-hydrogen) atoms. The Kier molecular flexibility index (Phi) is 3.63. The maximum absolute atomic E-state index is 13.4. The van der Waals surface area contributed by atoms with Crippen LogP contribution in [0.5, 0.6) is 0 Å². The smallest absolute Gasteiger partial charge is 0.268 e. The van der Waals surface area contributed by atoms with E-state index >= 15 is 0 Å². The molecule has 1 aromatic rings. The predicted molar refractivity (Wildman–Crippen MR) is 65.4 cm³/mol. The van der Waals surface area contributed by atoms with Gasteiger partial charge >= 0.3 is 0 Å². The molecule has 0 aliphatic carbocycles. The molecule has 1 amide bonds. The van der Waals surface area contributed by atoms with Crippen molar-refractivity contribution in [3.05, 3.63) is 34.0 Å². The zero-order chi connectivity index (χ0) is 15.1. The lowest BCUT2D eigenvalue weighted by molar-refractivity contribution is -0.0892. The average Bonchev–Trinajstić information content (AvgIpc) is 2.64. The molecular formula is C12H15FN2O5. The number of carbonyl (C=O) groups is 1. The highest BCUT2D eigenvalue weighted by Crippen LogP contribution is 2.36. The molecule has 1 saturated heterocycles. The fourth-order valence-corrected chi connectivity index (χ4v) is 2.35. The van der Waals surface area contributed by atoms with Gasteiger partial charge in [-0.05, 0) is 13.0 Å². The Morgan fingerprint density at radius 3 is 2.85 bits per heavy atom. The molecule has 1 aliphatic rings. The summed E-state index contributed by atoms with van der Waals surface area (Å²) in [6.07, 6.45) is -0.609. The van der Waals surface area contributed by atoms with Gasteiger partial charge in [-0.2, -0.15) is 0 Å². The number of aromatic nitrogens is 1. The van der Waals surface area contributed by atoms with E-state index in [2.05, 4.69) is 0 Å². The number of nitrogens with zero attached hydrogens (tertiary/aromatic N) is 1. The second-order valence-electron chi connectivity index (χ2n) is 4.97. The minimum Gasteiger partial charge on any atom is -0.394 e. The van der Waals surface area contributed by atoms with Crippen molar-refractivity contribution in [3.63, 3.8) is 0 Å². The van der Waals surface area contributed by atoms with Gasteiger partial charge in [0.1, 0.15) is 17.0 Å². The van der Waals surface area contributed by atoms with Crippen molar-refractivity contribution < 1.29 is 24.1 Å². The SMILES string of the molecule is CC1(O)CC(CO)OC1n1ccc(F)c(C(N)=O)c1=O. The van der Waals surface area contributed by atoms with Crippen LogP contribution in [0, 0.1) is 5.82 Å². The Labute approximate surface area is 113 Å². The Hall–Kier alpha value is -1.77. The van der Waals surface area contributed by atoms with Crippen molar-refractivity contribution >= 4 is 5.91 Å². The molecule has 1 aromatic heterocycles. The number of halogens is 1. The third-order valence-electron chi connectivity index (χ3n) is 3.27. The quantitative estimate of drug-likeness (QED) is 0.667.